The maximum atomic E-state index is 3.68. The monoisotopic (exact) mass is 244 g/mol. The first kappa shape index (κ1) is 12.2. The maximum Gasteiger partial charge on any atom is 0.0164 e. The fraction of sp³-hybridized carbons (Fsp3) is 0.625. The van der Waals surface area contributed by atoms with E-state index in [2.05, 4.69) is 41.8 Å². The number of nitrogens with one attached hydrogen (secondary N) is 2. The summed E-state index contributed by atoms with van der Waals surface area (Å²) in [5, 5.41) is 7.27. The van der Waals surface area contributed by atoms with E-state index in [0.29, 0.717) is 6.04 Å². The third-order valence-corrected chi connectivity index (χ3v) is 4.18. The third kappa shape index (κ3) is 3.12. The molecule has 2 aliphatic carbocycles. The standard InChI is InChI=1S/C16H24N2/c1-12(10-18-16-6-7-16)17-11-13-8-14-4-2-3-5-15(14)9-13/h2-5,12-13,16-18H,6-11H2,1H3. The highest BCUT2D eigenvalue weighted by atomic mass is 15.0. The van der Waals surface area contributed by atoms with Crippen molar-refractivity contribution in [3.05, 3.63) is 35.4 Å². The Kier molecular flexibility index (Phi) is 3.67. The smallest absolute Gasteiger partial charge is 0.0164 e. The second-order valence-corrected chi connectivity index (χ2v) is 6.03. The summed E-state index contributed by atoms with van der Waals surface area (Å²) in [5.41, 5.74) is 3.13. The molecule has 1 unspecified atom stereocenters. The average Bonchev–Trinajstić information content (AvgIpc) is 3.11. The molecule has 1 aromatic carbocycles. The number of hydrogen-bond acceptors (Lipinski definition) is 2. The van der Waals surface area contributed by atoms with Crippen LogP contribution >= 0.6 is 0 Å². The van der Waals surface area contributed by atoms with Crippen molar-refractivity contribution in [2.75, 3.05) is 13.1 Å². The predicted molar refractivity (Wildman–Crippen MR) is 75.8 cm³/mol. The molecule has 0 aromatic heterocycles. The van der Waals surface area contributed by atoms with E-state index >= 15 is 0 Å². The molecule has 2 nitrogen and oxygen atoms in total. The van der Waals surface area contributed by atoms with Gasteiger partial charge in [-0.3, -0.25) is 0 Å². The van der Waals surface area contributed by atoms with Gasteiger partial charge < -0.3 is 10.6 Å². The van der Waals surface area contributed by atoms with Crippen LogP contribution in [-0.4, -0.2) is 25.2 Å². The van der Waals surface area contributed by atoms with Crippen LogP contribution in [0.2, 0.25) is 0 Å². The van der Waals surface area contributed by atoms with Crippen molar-refractivity contribution in [1.82, 2.24) is 10.6 Å². The number of fused-ring (bicyclic) bond motifs is 1. The number of rotatable bonds is 6. The van der Waals surface area contributed by atoms with E-state index in [-0.39, 0.29) is 0 Å². The fourth-order valence-corrected chi connectivity index (χ4v) is 2.87. The Balaban J connectivity index is 1.39. The Morgan fingerprint density at radius 2 is 1.83 bits per heavy atom. The van der Waals surface area contributed by atoms with E-state index in [4.69, 9.17) is 0 Å². The van der Waals surface area contributed by atoms with Crippen LogP contribution in [0.5, 0.6) is 0 Å². The van der Waals surface area contributed by atoms with Crippen LogP contribution in [-0.2, 0) is 12.8 Å². The van der Waals surface area contributed by atoms with Gasteiger partial charge in [-0.25, -0.2) is 0 Å². The summed E-state index contributed by atoms with van der Waals surface area (Å²) in [7, 11) is 0. The van der Waals surface area contributed by atoms with Crippen LogP contribution in [0.25, 0.3) is 0 Å². The second-order valence-electron chi connectivity index (χ2n) is 6.03. The third-order valence-electron chi connectivity index (χ3n) is 4.18. The van der Waals surface area contributed by atoms with Gasteiger partial charge >= 0.3 is 0 Å². The second kappa shape index (κ2) is 5.41. The van der Waals surface area contributed by atoms with Crippen LogP contribution < -0.4 is 10.6 Å². The lowest BCUT2D eigenvalue weighted by Crippen LogP contribution is -2.39. The lowest BCUT2D eigenvalue weighted by molar-refractivity contribution is 0.434. The lowest BCUT2D eigenvalue weighted by atomic mass is 10.1. The van der Waals surface area contributed by atoms with Crippen LogP contribution in [0, 0.1) is 5.92 Å². The van der Waals surface area contributed by atoms with Gasteiger partial charge in [-0.05, 0) is 56.2 Å². The summed E-state index contributed by atoms with van der Waals surface area (Å²) in [4.78, 5) is 0. The van der Waals surface area contributed by atoms with Gasteiger partial charge in [0, 0.05) is 18.6 Å². The molecule has 0 saturated heterocycles. The molecule has 2 N–H and O–H groups in total. The molecule has 0 radical (unpaired) electrons. The van der Waals surface area contributed by atoms with Gasteiger partial charge in [0.1, 0.15) is 0 Å². The Bertz CT molecular complexity index is 373. The molecule has 0 aliphatic heterocycles. The molecule has 2 heteroatoms. The van der Waals surface area contributed by atoms with Crippen molar-refractivity contribution in [3.63, 3.8) is 0 Å². The normalized spacial score (nSPS) is 20.9. The minimum atomic E-state index is 0.592. The molecule has 0 spiro atoms. The fourth-order valence-electron chi connectivity index (χ4n) is 2.87. The van der Waals surface area contributed by atoms with E-state index in [9.17, 15) is 0 Å². The topological polar surface area (TPSA) is 24.1 Å². The summed E-state index contributed by atoms with van der Waals surface area (Å²) in [6, 6.07) is 10.3. The lowest BCUT2D eigenvalue weighted by Gasteiger charge is -2.17. The van der Waals surface area contributed by atoms with Crippen molar-refractivity contribution < 1.29 is 0 Å². The minimum absolute atomic E-state index is 0.592. The summed E-state index contributed by atoms with van der Waals surface area (Å²) < 4.78 is 0. The van der Waals surface area contributed by atoms with Crippen molar-refractivity contribution >= 4 is 0 Å². The Hall–Kier alpha value is -0.860. The van der Waals surface area contributed by atoms with Gasteiger partial charge in [-0.2, -0.15) is 0 Å². The molecule has 2 aliphatic rings. The molecular weight excluding hydrogens is 220 g/mol. The molecule has 98 valence electrons. The molecule has 18 heavy (non-hydrogen) atoms. The number of hydrogen-bond donors (Lipinski definition) is 2. The van der Waals surface area contributed by atoms with Crippen molar-refractivity contribution in [3.8, 4) is 0 Å². The SMILES string of the molecule is CC(CNC1CC1)NCC1Cc2ccccc2C1. The molecular formula is C16H24N2. The van der Waals surface area contributed by atoms with Crippen LogP contribution in [0.1, 0.15) is 30.9 Å². The highest BCUT2D eigenvalue weighted by Gasteiger charge is 2.22. The molecule has 1 saturated carbocycles. The van der Waals surface area contributed by atoms with Crippen LogP contribution in [0.3, 0.4) is 0 Å². The molecule has 1 aromatic rings. The van der Waals surface area contributed by atoms with Crippen molar-refractivity contribution in [2.45, 2.75) is 44.7 Å². The van der Waals surface area contributed by atoms with Gasteiger partial charge in [-0.1, -0.05) is 24.3 Å². The predicted octanol–water partition coefficient (Wildman–Crippen LogP) is 2.13. The quantitative estimate of drug-likeness (QED) is 0.801. The van der Waals surface area contributed by atoms with Gasteiger partial charge in [-0.15, -0.1) is 0 Å². The molecule has 3 rings (SSSR count). The summed E-state index contributed by atoms with van der Waals surface area (Å²) in [5.74, 6) is 0.797. The van der Waals surface area contributed by atoms with E-state index in [1.165, 1.54) is 25.7 Å². The molecule has 1 fully saturated rings. The van der Waals surface area contributed by atoms with Crippen molar-refractivity contribution in [2.24, 2.45) is 5.92 Å². The van der Waals surface area contributed by atoms with E-state index in [1.54, 1.807) is 11.1 Å². The molecule has 0 amide bonds. The van der Waals surface area contributed by atoms with Gasteiger partial charge in [0.2, 0.25) is 0 Å². The van der Waals surface area contributed by atoms with E-state index < -0.39 is 0 Å². The van der Waals surface area contributed by atoms with Crippen LogP contribution in [0.4, 0.5) is 0 Å². The first-order valence-corrected chi connectivity index (χ1v) is 7.35. The van der Waals surface area contributed by atoms with E-state index in [0.717, 1.165) is 25.0 Å². The zero-order valence-electron chi connectivity index (χ0n) is 11.3. The summed E-state index contributed by atoms with van der Waals surface area (Å²) in [6.07, 6.45) is 5.27. The zero-order chi connectivity index (χ0) is 12.4. The first-order valence-electron chi connectivity index (χ1n) is 7.35. The summed E-state index contributed by atoms with van der Waals surface area (Å²) in [6.45, 7) is 4.56. The Morgan fingerprint density at radius 3 is 2.44 bits per heavy atom. The highest BCUT2D eigenvalue weighted by Crippen LogP contribution is 2.25. The maximum absolute atomic E-state index is 3.68. The Morgan fingerprint density at radius 1 is 1.17 bits per heavy atom. The van der Waals surface area contributed by atoms with Gasteiger partial charge in [0.15, 0.2) is 0 Å². The highest BCUT2D eigenvalue weighted by molar-refractivity contribution is 5.32. The Labute approximate surface area is 110 Å². The summed E-state index contributed by atoms with van der Waals surface area (Å²) >= 11 is 0. The molecule has 0 heterocycles. The van der Waals surface area contributed by atoms with Crippen LogP contribution in [0.15, 0.2) is 24.3 Å². The van der Waals surface area contributed by atoms with E-state index in [1.807, 2.05) is 0 Å². The van der Waals surface area contributed by atoms with Crippen molar-refractivity contribution in [1.29, 1.82) is 0 Å². The molecule has 0 bridgehead atoms. The average molecular weight is 244 g/mol. The first-order chi connectivity index (χ1) is 8.81. The van der Waals surface area contributed by atoms with Gasteiger partial charge in [0.25, 0.3) is 0 Å². The largest absolute Gasteiger partial charge is 0.313 e. The molecule has 1 atom stereocenters. The minimum Gasteiger partial charge on any atom is -0.313 e. The number of benzene rings is 1. The zero-order valence-corrected chi connectivity index (χ0v) is 11.3. The van der Waals surface area contributed by atoms with Gasteiger partial charge in [0.05, 0.1) is 0 Å².